The number of benzene rings is 1. The summed E-state index contributed by atoms with van der Waals surface area (Å²) >= 11 is 0. The van der Waals surface area contributed by atoms with E-state index >= 15 is 0 Å². The third-order valence-corrected chi connectivity index (χ3v) is 2.18. The van der Waals surface area contributed by atoms with E-state index in [-0.39, 0.29) is 16.2 Å². The smallest absolute Gasteiger partial charge is 0.322 e. The van der Waals surface area contributed by atoms with Crippen molar-refractivity contribution in [1.29, 1.82) is 0 Å². The average molecular weight is 281 g/mol. The number of primary amides is 1. The Morgan fingerprint density at radius 2 is 1.30 bits per heavy atom. The van der Waals surface area contributed by atoms with Crippen LogP contribution in [-0.4, -0.2) is 17.3 Å². The highest BCUT2D eigenvalue weighted by Crippen LogP contribution is 2.01. The fourth-order valence-corrected chi connectivity index (χ4v) is 1.30. The molecule has 106 valence electrons. The first-order chi connectivity index (χ1) is 8.90. The minimum absolute atomic E-state index is 0. The van der Waals surface area contributed by atoms with Crippen molar-refractivity contribution >= 4 is 22.6 Å². The Morgan fingerprint density at radius 1 is 0.900 bits per heavy atom. The summed E-state index contributed by atoms with van der Waals surface area (Å²) in [5.74, 6) is 2.41. The third kappa shape index (κ3) is 3.31. The maximum atomic E-state index is 11.0. The van der Waals surface area contributed by atoms with Crippen LogP contribution in [0.1, 0.15) is 0 Å². The number of hydrogen-bond acceptors (Lipinski definition) is 6. The number of nitrogens with one attached hydrogen (secondary N) is 1. The van der Waals surface area contributed by atoms with Crippen molar-refractivity contribution in [3.05, 3.63) is 54.9 Å². The fraction of sp³-hybridized carbons (Fsp3) is 0. The van der Waals surface area contributed by atoms with Crippen LogP contribution in [0, 0.1) is 0 Å². The van der Waals surface area contributed by atoms with Crippen LogP contribution in [0.15, 0.2) is 38.6 Å². The van der Waals surface area contributed by atoms with Gasteiger partial charge in [-0.15, -0.1) is 0 Å². The van der Waals surface area contributed by atoms with E-state index in [9.17, 15) is 24.0 Å². The maximum absolute atomic E-state index is 11.0. The predicted molar refractivity (Wildman–Crippen MR) is 70.3 cm³/mol. The summed E-state index contributed by atoms with van der Waals surface area (Å²) in [6, 6.07) is 6.23. The molecular formula is C11H11N3O6. The zero-order chi connectivity index (χ0) is 14.6. The van der Waals surface area contributed by atoms with Gasteiger partial charge in [0.2, 0.25) is 10.9 Å². The lowest BCUT2D eigenvalue weighted by atomic mass is 10.2. The first kappa shape index (κ1) is 17.1. The van der Waals surface area contributed by atoms with Gasteiger partial charge in [0.15, 0.2) is 0 Å². The molecule has 2 aromatic carbocycles. The first-order valence-electron chi connectivity index (χ1n) is 4.93. The van der Waals surface area contributed by atoms with Gasteiger partial charge in [-0.05, 0) is 0 Å². The number of fused-ring (bicyclic) bond motifs is 1. The molecule has 0 aliphatic heterocycles. The Morgan fingerprint density at radius 3 is 1.55 bits per heavy atom. The second kappa shape index (κ2) is 6.87. The molecule has 0 spiro atoms. The van der Waals surface area contributed by atoms with Gasteiger partial charge in [0.25, 0.3) is 5.43 Å². The zero-order valence-electron chi connectivity index (χ0n) is 10.0. The van der Waals surface area contributed by atoms with Crippen LogP contribution in [-0.2, 0) is 9.59 Å². The van der Waals surface area contributed by atoms with Gasteiger partial charge >= 0.3 is 11.8 Å². The average Bonchev–Trinajstić information content (AvgIpc) is 2.64. The number of amides is 2. The summed E-state index contributed by atoms with van der Waals surface area (Å²) in [6.07, 6.45) is 0. The van der Waals surface area contributed by atoms with Gasteiger partial charge in [-0.1, -0.05) is 24.3 Å². The lowest BCUT2D eigenvalue weighted by Gasteiger charge is -1.86. The topological polar surface area (TPSA) is 181 Å². The quantitative estimate of drug-likeness (QED) is 0.194. The van der Waals surface area contributed by atoms with Crippen molar-refractivity contribution in [1.82, 2.24) is 5.43 Å². The minimum atomic E-state index is -1.08. The molecule has 2 amide bonds. The summed E-state index contributed by atoms with van der Waals surface area (Å²) in [7, 11) is 0. The third-order valence-electron chi connectivity index (χ3n) is 2.18. The summed E-state index contributed by atoms with van der Waals surface area (Å²) in [6.45, 7) is 0. The molecule has 2 aromatic rings. The molecule has 7 N–H and O–H groups in total. The van der Waals surface area contributed by atoms with E-state index in [1.807, 2.05) is 0 Å². The monoisotopic (exact) mass is 281 g/mol. The van der Waals surface area contributed by atoms with E-state index in [1.54, 1.807) is 17.6 Å². The molecule has 0 bridgehead atoms. The van der Waals surface area contributed by atoms with E-state index in [1.165, 1.54) is 12.1 Å². The van der Waals surface area contributed by atoms with Gasteiger partial charge in [0.05, 0.1) is 0 Å². The van der Waals surface area contributed by atoms with E-state index in [4.69, 9.17) is 0 Å². The molecule has 0 saturated heterocycles. The van der Waals surface area contributed by atoms with Gasteiger partial charge in [0, 0.05) is 10.8 Å². The molecule has 9 nitrogen and oxygen atoms in total. The number of carbonyl (C=O) groups excluding carboxylic acids is 2. The summed E-state index contributed by atoms with van der Waals surface area (Å²) in [5, 5.41) is 0.458. The summed E-state index contributed by atoms with van der Waals surface area (Å²) in [4.78, 5) is 52.4. The van der Waals surface area contributed by atoms with Crippen LogP contribution in [0.2, 0.25) is 0 Å². The number of nitrogens with two attached hydrogens (primary N) is 2. The van der Waals surface area contributed by atoms with Crippen LogP contribution >= 0.6 is 0 Å². The molecule has 20 heavy (non-hydrogen) atoms. The fourth-order valence-electron chi connectivity index (χ4n) is 1.30. The SMILES string of the molecule is NNC(=O)C(N)=O.O.O=c1c(=O)c2ccccc2c1=O. The number of hydrazine groups is 1. The van der Waals surface area contributed by atoms with Crippen molar-refractivity contribution in [3.8, 4) is 0 Å². The molecule has 0 atom stereocenters. The number of hydrogen-bond donors (Lipinski definition) is 3. The van der Waals surface area contributed by atoms with Crippen LogP contribution in [0.4, 0.5) is 0 Å². The predicted octanol–water partition coefficient (Wildman–Crippen LogP) is -3.57. The molecule has 0 unspecified atom stereocenters. The molecule has 0 radical (unpaired) electrons. The van der Waals surface area contributed by atoms with Crippen LogP contribution in [0.5, 0.6) is 0 Å². The zero-order valence-corrected chi connectivity index (χ0v) is 10.0. The largest absolute Gasteiger partial charge is 0.412 e. The highest BCUT2D eigenvalue weighted by atomic mass is 16.2. The molecule has 0 fully saturated rings. The molecule has 0 aliphatic carbocycles. The van der Waals surface area contributed by atoms with Crippen LogP contribution in [0.3, 0.4) is 0 Å². The Kier molecular flexibility index (Phi) is 5.87. The second-order valence-electron chi connectivity index (χ2n) is 3.37. The van der Waals surface area contributed by atoms with Crippen molar-refractivity contribution in [3.63, 3.8) is 0 Å². The molecule has 2 rings (SSSR count). The number of carbonyl (C=O) groups is 2. The molecule has 0 saturated carbocycles. The van der Waals surface area contributed by atoms with E-state index < -0.39 is 28.1 Å². The van der Waals surface area contributed by atoms with Crippen LogP contribution in [0.25, 0.3) is 10.8 Å². The molecular weight excluding hydrogens is 270 g/mol. The Balaban J connectivity index is 0.000000396. The van der Waals surface area contributed by atoms with E-state index in [2.05, 4.69) is 11.6 Å². The molecule has 9 heteroatoms. The van der Waals surface area contributed by atoms with E-state index in [0.717, 1.165) is 0 Å². The highest BCUT2D eigenvalue weighted by Gasteiger charge is 2.09. The Hall–Kier alpha value is -2.91. The Bertz CT molecular complexity index is 726. The maximum Gasteiger partial charge on any atom is 0.322 e. The molecule has 0 heterocycles. The second-order valence-corrected chi connectivity index (χ2v) is 3.37. The normalized spacial score (nSPS) is 9.05. The highest BCUT2D eigenvalue weighted by molar-refractivity contribution is 6.34. The lowest BCUT2D eigenvalue weighted by molar-refractivity contribution is -0.137. The summed E-state index contributed by atoms with van der Waals surface area (Å²) in [5.41, 5.74) is 3.68. The van der Waals surface area contributed by atoms with Crippen molar-refractivity contribution < 1.29 is 15.1 Å². The van der Waals surface area contributed by atoms with Gasteiger partial charge in [-0.3, -0.25) is 29.4 Å². The van der Waals surface area contributed by atoms with Crippen molar-refractivity contribution in [2.24, 2.45) is 11.6 Å². The van der Waals surface area contributed by atoms with Gasteiger partial charge < -0.3 is 11.2 Å². The van der Waals surface area contributed by atoms with Gasteiger partial charge in [0.1, 0.15) is 0 Å². The summed E-state index contributed by atoms with van der Waals surface area (Å²) < 4.78 is 0. The Labute approximate surface area is 110 Å². The van der Waals surface area contributed by atoms with Gasteiger partial charge in [-0.2, -0.15) is 0 Å². The first-order valence-corrected chi connectivity index (χ1v) is 4.93. The standard InChI is InChI=1S/C9H4O3.C2H5N3O2.H2O/c10-7-5-3-1-2-4-6(5)8(11)9(7)12;3-1(6)2(7)5-4;/h1-4H;4H2,(H2,3,6)(H,5,7);1H2. The van der Waals surface area contributed by atoms with E-state index in [0.29, 0.717) is 0 Å². The van der Waals surface area contributed by atoms with Gasteiger partial charge in [-0.25, -0.2) is 5.84 Å². The van der Waals surface area contributed by atoms with Crippen molar-refractivity contribution in [2.45, 2.75) is 0 Å². The number of rotatable bonds is 0. The molecule has 0 aliphatic rings. The van der Waals surface area contributed by atoms with Crippen LogP contribution < -0.4 is 33.3 Å². The molecule has 0 aromatic heterocycles. The minimum Gasteiger partial charge on any atom is -0.412 e. The lowest BCUT2D eigenvalue weighted by Crippen LogP contribution is -2.40. The van der Waals surface area contributed by atoms with Crippen molar-refractivity contribution in [2.75, 3.05) is 0 Å².